The molecule has 1 saturated heterocycles. The predicted molar refractivity (Wildman–Crippen MR) is 86.4 cm³/mol. The zero-order valence-electron chi connectivity index (χ0n) is 12.2. The molecule has 112 valence electrons. The lowest BCUT2D eigenvalue weighted by molar-refractivity contribution is 0.0418. The standard InChI is InChI=1S/C15H18ClN3OS/c1-3-13-17-14(16)10(2)15(18-13)19-6-7-20-11(9-19)12-5-4-8-21-12/h4-5,8,11H,3,6-7,9H2,1-2H3. The van der Waals surface area contributed by atoms with E-state index in [-0.39, 0.29) is 6.10 Å². The maximum absolute atomic E-state index is 6.25. The molecule has 6 heteroatoms. The lowest BCUT2D eigenvalue weighted by Gasteiger charge is -2.34. The highest BCUT2D eigenvalue weighted by Gasteiger charge is 2.25. The molecular weight excluding hydrogens is 306 g/mol. The van der Waals surface area contributed by atoms with E-state index >= 15 is 0 Å². The molecule has 21 heavy (non-hydrogen) atoms. The zero-order chi connectivity index (χ0) is 14.8. The monoisotopic (exact) mass is 323 g/mol. The minimum absolute atomic E-state index is 0.108. The highest BCUT2D eigenvalue weighted by Crippen LogP contribution is 2.30. The van der Waals surface area contributed by atoms with Crippen LogP contribution in [0.25, 0.3) is 0 Å². The van der Waals surface area contributed by atoms with E-state index < -0.39 is 0 Å². The minimum atomic E-state index is 0.108. The summed E-state index contributed by atoms with van der Waals surface area (Å²) in [4.78, 5) is 12.5. The molecule has 1 aliphatic rings. The molecule has 1 atom stereocenters. The van der Waals surface area contributed by atoms with Crippen LogP contribution in [0.15, 0.2) is 17.5 Å². The van der Waals surface area contributed by atoms with E-state index in [0.717, 1.165) is 36.7 Å². The Labute approximate surface area is 133 Å². The van der Waals surface area contributed by atoms with Gasteiger partial charge in [0, 0.05) is 23.4 Å². The first-order valence-electron chi connectivity index (χ1n) is 7.12. The Kier molecular flexibility index (Phi) is 4.42. The molecule has 0 spiro atoms. The van der Waals surface area contributed by atoms with Gasteiger partial charge < -0.3 is 9.64 Å². The van der Waals surface area contributed by atoms with Crippen molar-refractivity contribution in [1.29, 1.82) is 0 Å². The molecule has 2 aromatic rings. The summed E-state index contributed by atoms with van der Waals surface area (Å²) in [5.74, 6) is 1.73. The largest absolute Gasteiger partial charge is 0.369 e. The van der Waals surface area contributed by atoms with Crippen LogP contribution in [0.5, 0.6) is 0 Å². The topological polar surface area (TPSA) is 38.2 Å². The number of morpholine rings is 1. The number of hydrogen-bond acceptors (Lipinski definition) is 5. The third kappa shape index (κ3) is 3.05. The average molecular weight is 324 g/mol. The highest BCUT2D eigenvalue weighted by molar-refractivity contribution is 7.10. The number of rotatable bonds is 3. The van der Waals surface area contributed by atoms with Crippen molar-refractivity contribution in [2.75, 3.05) is 24.6 Å². The Morgan fingerprint density at radius 1 is 1.48 bits per heavy atom. The summed E-state index contributed by atoms with van der Waals surface area (Å²) in [6, 6.07) is 4.18. The van der Waals surface area contributed by atoms with Crippen LogP contribution in [-0.2, 0) is 11.2 Å². The number of ether oxygens (including phenoxy) is 1. The van der Waals surface area contributed by atoms with Gasteiger partial charge in [0.25, 0.3) is 0 Å². The van der Waals surface area contributed by atoms with Crippen molar-refractivity contribution in [3.63, 3.8) is 0 Å². The number of hydrogen-bond donors (Lipinski definition) is 0. The molecule has 0 aliphatic carbocycles. The normalized spacial score (nSPS) is 19.0. The van der Waals surface area contributed by atoms with Crippen LogP contribution >= 0.6 is 22.9 Å². The fourth-order valence-electron chi connectivity index (χ4n) is 2.47. The molecule has 3 rings (SSSR count). The number of anilines is 1. The van der Waals surface area contributed by atoms with Gasteiger partial charge in [0.15, 0.2) is 0 Å². The Morgan fingerprint density at radius 2 is 2.33 bits per heavy atom. The molecular formula is C15H18ClN3OS. The molecule has 1 aliphatic heterocycles. The maximum atomic E-state index is 6.25. The summed E-state index contributed by atoms with van der Waals surface area (Å²) in [6.07, 6.45) is 0.892. The van der Waals surface area contributed by atoms with E-state index in [1.807, 2.05) is 13.8 Å². The molecule has 0 aromatic carbocycles. The Hall–Kier alpha value is -1.17. The van der Waals surface area contributed by atoms with E-state index in [2.05, 4.69) is 32.4 Å². The first-order valence-corrected chi connectivity index (χ1v) is 8.37. The Balaban J connectivity index is 1.88. The summed E-state index contributed by atoms with van der Waals surface area (Å²) in [5.41, 5.74) is 0.945. The molecule has 3 heterocycles. The second-order valence-corrected chi connectivity index (χ2v) is 6.39. The lowest BCUT2D eigenvalue weighted by atomic mass is 10.2. The predicted octanol–water partition coefficient (Wildman–Crippen LogP) is 3.64. The minimum Gasteiger partial charge on any atom is -0.369 e. The SMILES string of the molecule is CCc1nc(Cl)c(C)c(N2CCOC(c3cccs3)C2)n1. The first kappa shape index (κ1) is 14.8. The quantitative estimate of drug-likeness (QED) is 0.808. The summed E-state index contributed by atoms with van der Waals surface area (Å²) < 4.78 is 5.89. The molecule has 1 unspecified atom stereocenters. The van der Waals surface area contributed by atoms with Crippen LogP contribution < -0.4 is 4.90 Å². The smallest absolute Gasteiger partial charge is 0.137 e. The van der Waals surface area contributed by atoms with Gasteiger partial charge in [-0.1, -0.05) is 24.6 Å². The van der Waals surface area contributed by atoms with Gasteiger partial charge in [-0.05, 0) is 18.4 Å². The number of nitrogens with zero attached hydrogens (tertiary/aromatic N) is 3. The van der Waals surface area contributed by atoms with E-state index in [9.17, 15) is 0 Å². The fourth-order valence-corrected chi connectivity index (χ4v) is 3.42. The molecule has 1 fully saturated rings. The Morgan fingerprint density at radius 3 is 3.05 bits per heavy atom. The van der Waals surface area contributed by atoms with E-state index in [1.54, 1.807) is 11.3 Å². The van der Waals surface area contributed by atoms with Gasteiger partial charge in [-0.3, -0.25) is 0 Å². The molecule has 0 bridgehead atoms. The second-order valence-electron chi connectivity index (χ2n) is 5.05. The summed E-state index contributed by atoms with van der Waals surface area (Å²) in [5, 5.41) is 2.63. The van der Waals surface area contributed by atoms with Crippen LogP contribution in [0.4, 0.5) is 5.82 Å². The summed E-state index contributed by atoms with van der Waals surface area (Å²) in [6.45, 7) is 6.35. The number of aromatic nitrogens is 2. The van der Waals surface area contributed by atoms with Crippen molar-refractivity contribution < 1.29 is 4.74 Å². The van der Waals surface area contributed by atoms with E-state index in [1.165, 1.54) is 4.88 Å². The van der Waals surface area contributed by atoms with Gasteiger partial charge in [0.1, 0.15) is 22.9 Å². The van der Waals surface area contributed by atoms with Gasteiger partial charge >= 0.3 is 0 Å². The lowest BCUT2D eigenvalue weighted by Crippen LogP contribution is -2.39. The van der Waals surface area contributed by atoms with Gasteiger partial charge in [-0.15, -0.1) is 11.3 Å². The highest BCUT2D eigenvalue weighted by atomic mass is 35.5. The van der Waals surface area contributed by atoms with Crippen LogP contribution in [-0.4, -0.2) is 29.7 Å². The van der Waals surface area contributed by atoms with Gasteiger partial charge in [0.2, 0.25) is 0 Å². The second kappa shape index (κ2) is 6.30. The van der Waals surface area contributed by atoms with Crippen molar-refractivity contribution in [2.45, 2.75) is 26.4 Å². The molecule has 4 nitrogen and oxygen atoms in total. The average Bonchev–Trinajstić information content (AvgIpc) is 3.04. The fraction of sp³-hybridized carbons (Fsp3) is 0.467. The summed E-state index contributed by atoms with van der Waals surface area (Å²) in [7, 11) is 0. The van der Waals surface area contributed by atoms with Gasteiger partial charge in [0.05, 0.1) is 13.2 Å². The van der Waals surface area contributed by atoms with Gasteiger partial charge in [-0.2, -0.15) is 0 Å². The van der Waals surface area contributed by atoms with Crippen molar-refractivity contribution in [3.8, 4) is 0 Å². The van der Waals surface area contributed by atoms with Crippen molar-refractivity contribution in [3.05, 3.63) is 38.9 Å². The van der Waals surface area contributed by atoms with Gasteiger partial charge in [-0.25, -0.2) is 9.97 Å². The molecule has 0 amide bonds. The van der Waals surface area contributed by atoms with E-state index in [0.29, 0.717) is 11.8 Å². The van der Waals surface area contributed by atoms with Crippen LogP contribution in [0.1, 0.15) is 29.3 Å². The van der Waals surface area contributed by atoms with Crippen molar-refractivity contribution in [2.24, 2.45) is 0 Å². The molecule has 2 aromatic heterocycles. The van der Waals surface area contributed by atoms with Crippen LogP contribution in [0, 0.1) is 6.92 Å². The van der Waals surface area contributed by atoms with E-state index in [4.69, 9.17) is 16.3 Å². The third-order valence-corrected chi connectivity index (χ3v) is 4.98. The summed E-state index contributed by atoms with van der Waals surface area (Å²) >= 11 is 7.98. The third-order valence-electron chi connectivity index (χ3n) is 3.65. The number of aryl methyl sites for hydroxylation is 1. The Bertz CT molecular complexity index is 618. The number of halogens is 1. The van der Waals surface area contributed by atoms with Crippen molar-refractivity contribution in [1.82, 2.24) is 9.97 Å². The zero-order valence-corrected chi connectivity index (χ0v) is 13.7. The van der Waals surface area contributed by atoms with Crippen LogP contribution in [0.2, 0.25) is 5.15 Å². The molecule has 0 saturated carbocycles. The molecule has 0 N–H and O–H groups in total. The number of thiophene rings is 1. The van der Waals surface area contributed by atoms with Crippen LogP contribution in [0.3, 0.4) is 0 Å². The van der Waals surface area contributed by atoms with Crippen molar-refractivity contribution >= 4 is 28.8 Å². The first-order chi connectivity index (χ1) is 10.2. The maximum Gasteiger partial charge on any atom is 0.137 e. The molecule has 0 radical (unpaired) electrons.